The lowest BCUT2D eigenvalue weighted by Crippen LogP contribution is -2.47. The fraction of sp³-hybridized carbons (Fsp3) is 0.500. The molecule has 0 spiro atoms. The number of aliphatic hydroxyl groups is 1. The normalized spacial score (nSPS) is 25.6. The SMILES string of the molecule is Oc1cccc(Cl)c1CC1(O)CCCNC1. The Balaban J connectivity index is 2.19. The number of piperidine rings is 1. The zero-order chi connectivity index (χ0) is 11.6. The van der Waals surface area contributed by atoms with Crippen LogP contribution in [0.2, 0.25) is 5.02 Å². The average Bonchev–Trinajstić information content (AvgIpc) is 2.25. The molecule has 4 heteroatoms. The van der Waals surface area contributed by atoms with Crippen LogP contribution in [-0.4, -0.2) is 28.9 Å². The van der Waals surface area contributed by atoms with Gasteiger partial charge in [-0.25, -0.2) is 0 Å². The molecule has 1 atom stereocenters. The van der Waals surface area contributed by atoms with Gasteiger partial charge in [0.15, 0.2) is 0 Å². The van der Waals surface area contributed by atoms with Gasteiger partial charge in [0.2, 0.25) is 0 Å². The van der Waals surface area contributed by atoms with Crippen LogP contribution in [0.4, 0.5) is 0 Å². The summed E-state index contributed by atoms with van der Waals surface area (Å²) in [6.07, 6.45) is 2.08. The van der Waals surface area contributed by atoms with Gasteiger partial charge in [0, 0.05) is 23.6 Å². The maximum atomic E-state index is 10.3. The van der Waals surface area contributed by atoms with Gasteiger partial charge >= 0.3 is 0 Å². The molecule has 1 heterocycles. The summed E-state index contributed by atoms with van der Waals surface area (Å²) in [5.41, 5.74) is -0.156. The molecule has 1 aromatic rings. The minimum atomic E-state index is -0.791. The number of benzene rings is 1. The molecule has 0 radical (unpaired) electrons. The van der Waals surface area contributed by atoms with Crippen molar-refractivity contribution < 1.29 is 10.2 Å². The Bertz CT molecular complexity index is 355. The van der Waals surface area contributed by atoms with Gasteiger partial charge in [-0.3, -0.25) is 0 Å². The number of hydrogen-bond donors (Lipinski definition) is 3. The molecule has 1 saturated heterocycles. The number of nitrogens with one attached hydrogen (secondary N) is 1. The van der Waals surface area contributed by atoms with Gasteiger partial charge in [0.05, 0.1) is 5.60 Å². The van der Waals surface area contributed by atoms with Gasteiger partial charge in [0.25, 0.3) is 0 Å². The lowest BCUT2D eigenvalue weighted by molar-refractivity contribution is 0.0165. The standard InChI is InChI=1S/C12H16ClNO2/c13-10-3-1-4-11(15)9(10)7-12(16)5-2-6-14-8-12/h1,3-4,14-16H,2,5-8H2. The molecule has 1 unspecified atom stereocenters. The first kappa shape index (κ1) is 11.7. The molecule has 1 fully saturated rings. The van der Waals surface area contributed by atoms with Crippen molar-refractivity contribution in [2.24, 2.45) is 0 Å². The molecular formula is C12H16ClNO2. The van der Waals surface area contributed by atoms with E-state index in [2.05, 4.69) is 5.32 Å². The van der Waals surface area contributed by atoms with Crippen molar-refractivity contribution in [2.45, 2.75) is 24.9 Å². The van der Waals surface area contributed by atoms with Crippen LogP contribution in [0.25, 0.3) is 0 Å². The highest BCUT2D eigenvalue weighted by Gasteiger charge is 2.30. The van der Waals surface area contributed by atoms with Gasteiger partial charge < -0.3 is 15.5 Å². The summed E-state index contributed by atoms with van der Waals surface area (Å²) in [6, 6.07) is 5.03. The predicted molar refractivity (Wildman–Crippen MR) is 63.9 cm³/mol. The number of halogens is 1. The fourth-order valence-corrected chi connectivity index (χ4v) is 2.39. The van der Waals surface area contributed by atoms with E-state index in [9.17, 15) is 10.2 Å². The Kier molecular flexibility index (Phi) is 3.38. The van der Waals surface area contributed by atoms with E-state index in [1.807, 2.05) is 0 Å². The second-order valence-corrected chi connectivity index (χ2v) is 4.83. The van der Waals surface area contributed by atoms with Crippen LogP contribution in [0.1, 0.15) is 18.4 Å². The van der Waals surface area contributed by atoms with Crippen LogP contribution < -0.4 is 5.32 Å². The number of phenolic OH excluding ortho intramolecular Hbond substituents is 1. The minimum Gasteiger partial charge on any atom is -0.508 e. The molecule has 2 rings (SSSR count). The number of aromatic hydroxyl groups is 1. The Morgan fingerprint density at radius 1 is 1.44 bits per heavy atom. The van der Waals surface area contributed by atoms with E-state index in [0.717, 1.165) is 19.4 Å². The van der Waals surface area contributed by atoms with Crippen molar-refractivity contribution in [3.63, 3.8) is 0 Å². The molecular weight excluding hydrogens is 226 g/mol. The number of hydrogen-bond acceptors (Lipinski definition) is 3. The summed E-state index contributed by atoms with van der Waals surface area (Å²) in [6.45, 7) is 1.49. The molecule has 1 aliphatic rings. The van der Waals surface area contributed by atoms with Crippen LogP contribution in [0.5, 0.6) is 5.75 Å². The molecule has 0 amide bonds. The molecule has 88 valence electrons. The molecule has 0 aliphatic carbocycles. The van der Waals surface area contributed by atoms with E-state index in [1.165, 1.54) is 0 Å². The molecule has 0 aromatic heterocycles. The van der Waals surface area contributed by atoms with E-state index in [-0.39, 0.29) is 5.75 Å². The van der Waals surface area contributed by atoms with Gasteiger partial charge in [0.1, 0.15) is 5.75 Å². The maximum Gasteiger partial charge on any atom is 0.120 e. The summed E-state index contributed by atoms with van der Waals surface area (Å²) in [5.74, 6) is 0.159. The first-order valence-electron chi connectivity index (χ1n) is 5.50. The highest BCUT2D eigenvalue weighted by molar-refractivity contribution is 6.31. The number of phenols is 1. The lowest BCUT2D eigenvalue weighted by Gasteiger charge is -2.33. The van der Waals surface area contributed by atoms with Crippen LogP contribution in [0, 0.1) is 0 Å². The molecule has 16 heavy (non-hydrogen) atoms. The first-order valence-corrected chi connectivity index (χ1v) is 5.88. The van der Waals surface area contributed by atoms with Crippen molar-refractivity contribution in [1.29, 1.82) is 0 Å². The number of rotatable bonds is 2. The summed E-state index contributed by atoms with van der Waals surface area (Å²) in [5, 5.41) is 23.7. The summed E-state index contributed by atoms with van der Waals surface area (Å²) in [7, 11) is 0. The van der Waals surface area contributed by atoms with Crippen molar-refractivity contribution >= 4 is 11.6 Å². The van der Waals surface area contributed by atoms with E-state index in [1.54, 1.807) is 18.2 Å². The van der Waals surface area contributed by atoms with Gasteiger partial charge in [-0.1, -0.05) is 17.7 Å². The zero-order valence-corrected chi connectivity index (χ0v) is 9.80. The van der Waals surface area contributed by atoms with Crippen LogP contribution in [-0.2, 0) is 6.42 Å². The Morgan fingerprint density at radius 2 is 2.25 bits per heavy atom. The zero-order valence-electron chi connectivity index (χ0n) is 9.04. The topological polar surface area (TPSA) is 52.5 Å². The molecule has 1 aromatic carbocycles. The van der Waals surface area contributed by atoms with Crippen LogP contribution in [0.3, 0.4) is 0 Å². The van der Waals surface area contributed by atoms with E-state index in [4.69, 9.17) is 11.6 Å². The molecule has 0 bridgehead atoms. The predicted octanol–water partition coefficient (Wildman–Crippen LogP) is 1.70. The second kappa shape index (κ2) is 4.62. The first-order chi connectivity index (χ1) is 7.61. The van der Waals surface area contributed by atoms with Crippen LogP contribution >= 0.6 is 11.6 Å². The lowest BCUT2D eigenvalue weighted by atomic mass is 9.87. The summed E-state index contributed by atoms with van der Waals surface area (Å²) < 4.78 is 0. The van der Waals surface area contributed by atoms with E-state index < -0.39 is 5.60 Å². The van der Waals surface area contributed by atoms with E-state index >= 15 is 0 Å². The maximum absolute atomic E-state index is 10.3. The Morgan fingerprint density at radius 3 is 2.88 bits per heavy atom. The molecule has 3 N–H and O–H groups in total. The van der Waals surface area contributed by atoms with Gasteiger partial charge in [-0.15, -0.1) is 0 Å². The molecule has 0 saturated carbocycles. The molecule has 3 nitrogen and oxygen atoms in total. The van der Waals surface area contributed by atoms with Gasteiger partial charge in [-0.05, 0) is 31.5 Å². The third kappa shape index (κ3) is 2.48. The average molecular weight is 242 g/mol. The Labute approximate surface area is 100 Å². The third-order valence-corrected chi connectivity index (χ3v) is 3.40. The minimum absolute atomic E-state index is 0.159. The van der Waals surface area contributed by atoms with Crippen molar-refractivity contribution in [1.82, 2.24) is 5.32 Å². The van der Waals surface area contributed by atoms with Gasteiger partial charge in [-0.2, -0.15) is 0 Å². The highest BCUT2D eigenvalue weighted by Crippen LogP contribution is 2.31. The largest absolute Gasteiger partial charge is 0.508 e. The van der Waals surface area contributed by atoms with Crippen molar-refractivity contribution in [2.75, 3.05) is 13.1 Å². The monoisotopic (exact) mass is 241 g/mol. The van der Waals surface area contributed by atoms with Crippen molar-refractivity contribution in [3.05, 3.63) is 28.8 Å². The molecule has 1 aliphatic heterocycles. The number of β-amino-alcohol motifs (C(OH)–C–C–N with tert-alkyl or cyclic N) is 1. The smallest absolute Gasteiger partial charge is 0.120 e. The quantitative estimate of drug-likeness (QED) is 0.739. The van der Waals surface area contributed by atoms with Crippen molar-refractivity contribution in [3.8, 4) is 5.75 Å². The summed E-state index contributed by atoms with van der Waals surface area (Å²) >= 11 is 6.02. The summed E-state index contributed by atoms with van der Waals surface area (Å²) in [4.78, 5) is 0. The third-order valence-electron chi connectivity index (χ3n) is 3.05. The fourth-order valence-electron chi connectivity index (χ4n) is 2.15. The second-order valence-electron chi connectivity index (χ2n) is 4.42. The van der Waals surface area contributed by atoms with Crippen LogP contribution in [0.15, 0.2) is 18.2 Å². The highest BCUT2D eigenvalue weighted by atomic mass is 35.5. The van der Waals surface area contributed by atoms with E-state index in [0.29, 0.717) is 23.6 Å². The Hall–Kier alpha value is -0.770.